The highest BCUT2D eigenvalue weighted by Crippen LogP contribution is 2.29. The minimum Gasteiger partial charge on any atom is -0.436 e. The summed E-state index contributed by atoms with van der Waals surface area (Å²) in [7, 11) is 0. The van der Waals surface area contributed by atoms with Gasteiger partial charge in [0, 0.05) is 62.8 Å². The molecule has 2 aliphatic rings. The Labute approximate surface area is 232 Å². The van der Waals surface area contributed by atoms with Crippen LogP contribution in [0.15, 0.2) is 42.7 Å². The number of rotatable bonds is 8. The van der Waals surface area contributed by atoms with Gasteiger partial charge >= 0.3 is 0 Å². The summed E-state index contributed by atoms with van der Waals surface area (Å²) in [6.07, 6.45) is 5.32. The Morgan fingerprint density at radius 3 is 2.54 bits per heavy atom. The van der Waals surface area contributed by atoms with Crippen molar-refractivity contribution in [1.29, 1.82) is 0 Å². The molecule has 39 heavy (non-hydrogen) atoms. The van der Waals surface area contributed by atoms with E-state index in [1.165, 1.54) is 12.1 Å². The lowest BCUT2D eigenvalue weighted by molar-refractivity contribution is -0.119. The van der Waals surface area contributed by atoms with Gasteiger partial charge < -0.3 is 20.3 Å². The molecule has 2 aliphatic heterocycles. The summed E-state index contributed by atoms with van der Waals surface area (Å²) in [5, 5.41) is 6.55. The van der Waals surface area contributed by atoms with Crippen LogP contribution in [0, 0.1) is 11.7 Å². The van der Waals surface area contributed by atoms with Gasteiger partial charge in [0.15, 0.2) is 5.75 Å². The number of nitrogens with zero attached hydrogens (tertiary/aromatic N) is 5. The van der Waals surface area contributed by atoms with E-state index in [4.69, 9.17) is 16.3 Å². The van der Waals surface area contributed by atoms with Crippen LogP contribution in [0.5, 0.6) is 11.6 Å². The Balaban J connectivity index is 1.33. The van der Waals surface area contributed by atoms with Gasteiger partial charge in [-0.1, -0.05) is 11.6 Å². The summed E-state index contributed by atoms with van der Waals surface area (Å²) in [6, 6.07) is 8.23. The first-order chi connectivity index (χ1) is 18.9. The molecule has 2 aromatic heterocycles. The second-order valence-corrected chi connectivity index (χ2v) is 10.5. The molecule has 1 amide bonds. The number of hydrogen-bond acceptors (Lipinski definition) is 8. The molecular weight excluding hydrogens is 521 g/mol. The first kappa shape index (κ1) is 27.2. The summed E-state index contributed by atoms with van der Waals surface area (Å²) in [5.74, 6) is 1.58. The van der Waals surface area contributed by atoms with E-state index >= 15 is 0 Å². The smallest absolute Gasteiger partial charge is 0.225 e. The highest BCUT2D eigenvalue weighted by molar-refractivity contribution is 6.30. The Kier molecular flexibility index (Phi) is 8.85. The van der Waals surface area contributed by atoms with Gasteiger partial charge in [-0.3, -0.25) is 9.69 Å². The van der Waals surface area contributed by atoms with Crippen LogP contribution < -0.4 is 20.3 Å². The fraction of sp³-hybridized carbons (Fsp3) is 0.429. The number of carbonyl (C=O) groups is 1. The number of piperidine rings is 1. The van der Waals surface area contributed by atoms with Gasteiger partial charge in [-0.2, -0.15) is 0 Å². The number of likely N-dealkylation sites (tertiary alicyclic amines) is 1. The molecule has 9 nitrogen and oxygen atoms in total. The van der Waals surface area contributed by atoms with Crippen LogP contribution in [0.1, 0.15) is 25.3 Å². The summed E-state index contributed by atoms with van der Waals surface area (Å²) in [4.78, 5) is 29.4. The molecule has 0 aliphatic carbocycles. The van der Waals surface area contributed by atoms with E-state index in [2.05, 4.69) is 35.4 Å². The summed E-state index contributed by atoms with van der Waals surface area (Å²) >= 11 is 6.14. The molecule has 5 rings (SSSR count). The molecule has 206 valence electrons. The third kappa shape index (κ3) is 7.62. The van der Waals surface area contributed by atoms with Gasteiger partial charge in [-0.15, -0.1) is 0 Å². The molecular formula is C28H33ClFN7O2. The van der Waals surface area contributed by atoms with Gasteiger partial charge in [-0.05, 0) is 61.7 Å². The van der Waals surface area contributed by atoms with Crippen LogP contribution in [0.25, 0.3) is 11.3 Å². The van der Waals surface area contributed by atoms with Gasteiger partial charge in [0.2, 0.25) is 17.7 Å². The number of pyridine rings is 1. The van der Waals surface area contributed by atoms with Crippen LogP contribution in [-0.2, 0) is 11.3 Å². The van der Waals surface area contributed by atoms with Crippen LogP contribution in [0.2, 0.25) is 5.02 Å². The third-order valence-corrected chi connectivity index (χ3v) is 7.23. The number of amides is 1. The third-order valence-electron chi connectivity index (χ3n) is 7.01. The quantitative estimate of drug-likeness (QED) is 0.434. The molecule has 0 bridgehead atoms. The summed E-state index contributed by atoms with van der Waals surface area (Å²) in [6.45, 7) is 8.32. The van der Waals surface area contributed by atoms with Crippen LogP contribution in [0.3, 0.4) is 0 Å². The van der Waals surface area contributed by atoms with Gasteiger partial charge in [0.25, 0.3) is 0 Å². The van der Waals surface area contributed by atoms with Gasteiger partial charge in [0.1, 0.15) is 5.82 Å². The van der Waals surface area contributed by atoms with Crippen LogP contribution >= 0.6 is 11.6 Å². The molecule has 0 atom stereocenters. The molecule has 0 unspecified atom stereocenters. The van der Waals surface area contributed by atoms with Crippen molar-refractivity contribution in [2.24, 2.45) is 5.92 Å². The lowest BCUT2D eigenvalue weighted by atomic mass is 9.96. The highest BCUT2D eigenvalue weighted by Gasteiger charge is 2.20. The second-order valence-electron chi connectivity index (χ2n) is 10.1. The molecule has 2 saturated heterocycles. The number of anilines is 1. The Hall–Kier alpha value is -3.34. The van der Waals surface area contributed by atoms with Crippen molar-refractivity contribution in [2.45, 2.75) is 26.3 Å². The molecule has 2 N–H and O–H groups in total. The van der Waals surface area contributed by atoms with E-state index < -0.39 is 5.82 Å². The molecule has 2 fully saturated rings. The van der Waals surface area contributed by atoms with Crippen molar-refractivity contribution in [3.05, 3.63) is 59.1 Å². The van der Waals surface area contributed by atoms with Crippen molar-refractivity contribution in [3.8, 4) is 22.9 Å². The monoisotopic (exact) mass is 553 g/mol. The lowest BCUT2D eigenvalue weighted by Crippen LogP contribution is -2.44. The number of benzene rings is 1. The number of carbonyl (C=O) groups excluding carboxylic acids is 1. The maximum Gasteiger partial charge on any atom is 0.225 e. The first-order valence-corrected chi connectivity index (χ1v) is 13.7. The standard InChI is InChI=1S/C28H33ClFN7O2/c1-19(38)32-15-20-2-6-36(7-3-20)18-21-10-26(22-12-23(29)14-24(30)13-22)35-27(11-21)39-25-16-33-28(34-17-25)37-8-4-31-5-9-37/h10-14,16-17,20,31H,2-9,15,18H2,1H3,(H,32,38). The summed E-state index contributed by atoms with van der Waals surface area (Å²) < 4.78 is 20.3. The number of piperazine rings is 1. The van der Waals surface area contributed by atoms with Crippen molar-refractivity contribution in [2.75, 3.05) is 50.7 Å². The molecule has 0 radical (unpaired) electrons. The average Bonchev–Trinajstić information content (AvgIpc) is 2.93. The van der Waals surface area contributed by atoms with E-state index in [0.29, 0.717) is 46.3 Å². The van der Waals surface area contributed by atoms with Crippen molar-refractivity contribution >= 4 is 23.5 Å². The van der Waals surface area contributed by atoms with E-state index in [-0.39, 0.29) is 5.91 Å². The van der Waals surface area contributed by atoms with E-state index in [0.717, 1.165) is 64.2 Å². The van der Waals surface area contributed by atoms with Crippen LogP contribution in [0.4, 0.5) is 10.3 Å². The number of halogens is 2. The minimum atomic E-state index is -0.426. The first-order valence-electron chi connectivity index (χ1n) is 13.3. The fourth-order valence-electron chi connectivity index (χ4n) is 4.96. The minimum absolute atomic E-state index is 0.00978. The van der Waals surface area contributed by atoms with E-state index in [9.17, 15) is 9.18 Å². The molecule has 0 saturated carbocycles. The second kappa shape index (κ2) is 12.7. The Morgan fingerprint density at radius 2 is 1.85 bits per heavy atom. The molecule has 11 heteroatoms. The van der Waals surface area contributed by atoms with Crippen molar-refractivity contribution in [3.63, 3.8) is 0 Å². The van der Waals surface area contributed by atoms with Crippen molar-refractivity contribution < 1.29 is 13.9 Å². The maximum atomic E-state index is 14.2. The van der Waals surface area contributed by atoms with E-state index in [1.807, 2.05) is 12.1 Å². The van der Waals surface area contributed by atoms with Crippen LogP contribution in [-0.4, -0.2) is 71.6 Å². The van der Waals surface area contributed by atoms with Gasteiger partial charge in [-0.25, -0.2) is 19.3 Å². The number of hydrogen-bond donors (Lipinski definition) is 2. The van der Waals surface area contributed by atoms with Gasteiger partial charge in [0.05, 0.1) is 18.1 Å². The molecule has 0 spiro atoms. The summed E-state index contributed by atoms with van der Waals surface area (Å²) in [5.41, 5.74) is 2.14. The predicted octanol–water partition coefficient (Wildman–Crippen LogP) is 3.88. The number of aromatic nitrogens is 3. The average molecular weight is 554 g/mol. The molecule has 3 aromatic rings. The zero-order valence-corrected chi connectivity index (χ0v) is 22.8. The maximum absolute atomic E-state index is 14.2. The Bertz CT molecular complexity index is 1260. The largest absolute Gasteiger partial charge is 0.436 e. The number of ether oxygens (including phenoxy) is 1. The van der Waals surface area contributed by atoms with Crippen molar-refractivity contribution in [1.82, 2.24) is 30.5 Å². The molecule has 1 aromatic carbocycles. The fourth-order valence-corrected chi connectivity index (χ4v) is 5.18. The highest BCUT2D eigenvalue weighted by atomic mass is 35.5. The topological polar surface area (TPSA) is 95.5 Å². The zero-order chi connectivity index (χ0) is 27.2. The lowest BCUT2D eigenvalue weighted by Gasteiger charge is -2.32. The normalized spacial score (nSPS) is 16.7. The number of nitrogens with one attached hydrogen (secondary N) is 2. The zero-order valence-electron chi connectivity index (χ0n) is 22.0. The Morgan fingerprint density at radius 1 is 1.10 bits per heavy atom. The predicted molar refractivity (Wildman–Crippen MR) is 149 cm³/mol. The molecule has 4 heterocycles. The van der Waals surface area contributed by atoms with E-state index in [1.54, 1.807) is 25.4 Å². The SMILES string of the molecule is CC(=O)NCC1CCN(Cc2cc(Oc3cnc(N4CCNCC4)nc3)nc(-c3cc(F)cc(Cl)c3)c2)CC1.